The summed E-state index contributed by atoms with van der Waals surface area (Å²) in [4.78, 5) is 43.2. The summed E-state index contributed by atoms with van der Waals surface area (Å²) in [5.41, 5.74) is 1.43. The van der Waals surface area contributed by atoms with E-state index in [1.165, 1.54) is 10.9 Å². The predicted molar refractivity (Wildman–Crippen MR) is 106 cm³/mol. The number of amides is 3. The van der Waals surface area contributed by atoms with Gasteiger partial charge in [-0.3, -0.25) is 14.5 Å². The molecule has 5 rings (SSSR count). The van der Waals surface area contributed by atoms with Crippen LogP contribution in [0, 0.1) is 0 Å². The molecule has 2 aromatic heterocycles. The van der Waals surface area contributed by atoms with Crippen molar-refractivity contribution in [2.75, 3.05) is 26.2 Å². The lowest BCUT2D eigenvalue weighted by Gasteiger charge is -2.28. The molecule has 0 saturated carbocycles. The number of carbonyl (C=O) groups is 3. The number of fused-ring (bicyclic) bond motifs is 1. The quantitative estimate of drug-likeness (QED) is 0.695. The van der Waals surface area contributed by atoms with Gasteiger partial charge in [0.05, 0.1) is 31.2 Å². The Bertz CT molecular complexity index is 976. The summed E-state index contributed by atoms with van der Waals surface area (Å²) in [5.74, 6) is -0.0983. The molecule has 3 atom stereocenters. The molecule has 0 spiro atoms. The number of ether oxygens (including phenoxy) is 1. The van der Waals surface area contributed by atoms with Crippen LogP contribution >= 0.6 is 11.3 Å². The van der Waals surface area contributed by atoms with E-state index in [1.807, 2.05) is 16.8 Å². The molecule has 0 aromatic carbocycles. The molecule has 0 N–H and O–H groups in total. The molecule has 3 amide bonds. The predicted octanol–water partition coefficient (Wildman–Crippen LogP) is 0.365. The summed E-state index contributed by atoms with van der Waals surface area (Å²) < 4.78 is 7.03. The normalized spacial score (nSPS) is 25.7. The van der Waals surface area contributed by atoms with Gasteiger partial charge in [0.2, 0.25) is 5.91 Å². The van der Waals surface area contributed by atoms with E-state index in [1.54, 1.807) is 33.1 Å². The van der Waals surface area contributed by atoms with E-state index in [9.17, 15) is 14.4 Å². The highest BCUT2D eigenvalue weighted by Gasteiger charge is 2.52. The lowest BCUT2D eigenvalue weighted by atomic mass is 10.1. The minimum absolute atomic E-state index is 0.0470. The maximum atomic E-state index is 12.7. The Hall–Kier alpha value is -2.95. The van der Waals surface area contributed by atoms with Gasteiger partial charge in [-0.1, -0.05) is 5.21 Å². The number of carbonyl (C=O) groups excluding carboxylic acids is 3. The van der Waals surface area contributed by atoms with Crippen LogP contribution in [-0.4, -0.2) is 92.0 Å². The highest BCUT2D eigenvalue weighted by molar-refractivity contribution is 7.08. The third-order valence-electron chi connectivity index (χ3n) is 6.12. The molecule has 0 radical (unpaired) electrons. The first-order valence-electron chi connectivity index (χ1n) is 9.93. The smallest absolute Gasteiger partial charge is 0.410 e. The molecule has 10 nitrogen and oxygen atoms in total. The molecule has 1 unspecified atom stereocenters. The van der Waals surface area contributed by atoms with Crippen molar-refractivity contribution < 1.29 is 19.1 Å². The maximum absolute atomic E-state index is 12.7. The standard InChI is InChI=1S/C19H22N6O4S/c1-22-14(7-20-21-22)18(27)23-4-2-13(8-23)25-15-9-24(10-16(15)29-19(25)28)17(26)6-12-3-5-30-11-12/h3,5,7,11,13,15-16H,2,4,6,8-10H2,1H3/t13?,15-,16+/m1/s1. The van der Waals surface area contributed by atoms with Crippen molar-refractivity contribution in [2.45, 2.75) is 31.0 Å². The fourth-order valence-corrected chi connectivity index (χ4v) is 5.24. The fourth-order valence-electron chi connectivity index (χ4n) is 4.57. The molecule has 30 heavy (non-hydrogen) atoms. The van der Waals surface area contributed by atoms with E-state index in [0.717, 1.165) is 5.56 Å². The van der Waals surface area contributed by atoms with Crippen LogP contribution in [0.25, 0.3) is 0 Å². The minimum atomic E-state index is -0.351. The van der Waals surface area contributed by atoms with E-state index < -0.39 is 0 Å². The van der Waals surface area contributed by atoms with Crippen LogP contribution in [0.1, 0.15) is 22.5 Å². The van der Waals surface area contributed by atoms with Gasteiger partial charge < -0.3 is 14.5 Å². The van der Waals surface area contributed by atoms with Crippen LogP contribution in [0.5, 0.6) is 0 Å². The summed E-state index contributed by atoms with van der Waals surface area (Å²) in [6, 6.07) is 1.67. The van der Waals surface area contributed by atoms with Crippen molar-refractivity contribution in [1.82, 2.24) is 29.7 Å². The van der Waals surface area contributed by atoms with Crippen LogP contribution < -0.4 is 0 Å². The van der Waals surface area contributed by atoms with Gasteiger partial charge >= 0.3 is 6.09 Å². The van der Waals surface area contributed by atoms with Gasteiger partial charge in [0.15, 0.2) is 0 Å². The highest BCUT2D eigenvalue weighted by atomic mass is 32.1. The Kier molecular flexibility index (Phi) is 4.69. The Labute approximate surface area is 177 Å². The second-order valence-electron chi connectivity index (χ2n) is 7.94. The lowest BCUT2D eigenvalue weighted by Crippen LogP contribution is -2.47. The van der Waals surface area contributed by atoms with Crippen molar-refractivity contribution in [3.8, 4) is 0 Å². The average molecular weight is 430 g/mol. The van der Waals surface area contributed by atoms with Crippen LogP contribution in [0.4, 0.5) is 4.79 Å². The SMILES string of the molecule is Cn1nncc1C(=O)N1CCC(N2C(=O)O[C@H]3CN(C(=O)Cc4ccsc4)C[C@H]32)C1. The zero-order valence-corrected chi connectivity index (χ0v) is 17.3. The zero-order valence-electron chi connectivity index (χ0n) is 16.5. The first-order chi connectivity index (χ1) is 14.5. The van der Waals surface area contributed by atoms with E-state index >= 15 is 0 Å². The topological polar surface area (TPSA) is 101 Å². The van der Waals surface area contributed by atoms with Crippen LogP contribution in [-0.2, 0) is 23.0 Å². The van der Waals surface area contributed by atoms with Crippen LogP contribution in [0.15, 0.2) is 23.0 Å². The Morgan fingerprint density at radius 1 is 1.27 bits per heavy atom. The Morgan fingerprint density at radius 2 is 2.13 bits per heavy atom. The van der Waals surface area contributed by atoms with Gasteiger partial charge in [-0.05, 0) is 28.8 Å². The van der Waals surface area contributed by atoms with E-state index in [0.29, 0.717) is 44.7 Å². The molecular formula is C19H22N6O4S. The first-order valence-corrected chi connectivity index (χ1v) is 10.9. The summed E-state index contributed by atoms with van der Waals surface area (Å²) >= 11 is 1.57. The van der Waals surface area contributed by atoms with Gasteiger partial charge in [0.1, 0.15) is 11.8 Å². The number of nitrogens with zero attached hydrogens (tertiary/aromatic N) is 6. The third kappa shape index (κ3) is 3.22. The summed E-state index contributed by atoms with van der Waals surface area (Å²) in [6.07, 6.45) is 1.83. The van der Waals surface area contributed by atoms with Gasteiger partial charge in [-0.25, -0.2) is 9.48 Å². The number of aryl methyl sites for hydroxylation is 1. The van der Waals surface area contributed by atoms with Gasteiger partial charge in [0.25, 0.3) is 5.91 Å². The second-order valence-corrected chi connectivity index (χ2v) is 8.72. The molecule has 3 aliphatic rings. The summed E-state index contributed by atoms with van der Waals surface area (Å²) in [6.45, 7) is 1.88. The highest BCUT2D eigenvalue weighted by Crippen LogP contribution is 2.32. The van der Waals surface area contributed by atoms with Crippen molar-refractivity contribution >= 4 is 29.2 Å². The molecule has 158 valence electrons. The lowest BCUT2D eigenvalue weighted by molar-refractivity contribution is -0.130. The number of thiophene rings is 1. The Morgan fingerprint density at radius 3 is 2.87 bits per heavy atom. The molecule has 11 heteroatoms. The molecule has 3 aliphatic heterocycles. The van der Waals surface area contributed by atoms with Crippen molar-refractivity contribution in [1.29, 1.82) is 0 Å². The number of rotatable bonds is 4. The molecule has 5 heterocycles. The number of likely N-dealkylation sites (tertiary alicyclic amines) is 2. The molecule has 0 aliphatic carbocycles. The number of aromatic nitrogens is 3. The third-order valence-corrected chi connectivity index (χ3v) is 6.86. The van der Waals surface area contributed by atoms with Gasteiger partial charge in [-0.15, -0.1) is 5.10 Å². The van der Waals surface area contributed by atoms with E-state index in [-0.39, 0.29) is 36.1 Å². The summed E-state index contributed by atoms with van der Waals surface area (Å²) in [7, 11) is 1.68. The van der Waals surface area contributed by atoms with Crippen molar-refractivity contribution in [2.24, 2.45) is 7.05 Å². The van der Waals surface area contributed by atoms with Crippen LogP contribution in [0.2, 0.25) is 0 Å². The largest absolute Gasteiger partial charge is 0.442 e. The molecular weight excluding hydrogens is 408 g/mol. The van der Waals surface area contributed by atoms with Gasteiger partial charge in [-0.2, -0.15) is 11.3 Å². The Balaban J connectivity index is 1.24. The minimum Gasteiger partial charge on any atom is -0.442 e. The monoisotopic (exact) mass is 430 g/mol. The van der Waals surface area contributed by atoms with Crippen molar-refractivity contribution in [3.05, 3.63) is 34.3 Å². The molecule has 2 aromatic rings. The van der Waals surface area contributed by atoms with Gasteiger partial charge in [0, 0.05) is 26.7 Å². The summed E-state index contributed by atoms with van der Waals surface area (Å²) in [5, 5.41) is 11.5. The number of hydrogen-bond donors (Lipinski definition) is 0. The molecule has 3 saturated heterocycles. The molecule has 0 bridgehead atoms. The first kappa shape index (κ1) is 19.0. The van der Waals surface area contributed by atoms with Crippen LogP contribution in [0.3, 0.4) is 0 Å². The molecule has 3 fully saturated rings. The van der Waals surface area contributed by atoms with E-state index in [2.05, 4.69) is 10.3 Å². The number of hydrogen-bond acceptors (Lipinski definition) is 7. The second kappa shape index (κ2) is 7.38. The fraction of sp³-hybridized carbons (Fsp3) is 0.526. The van der Waals surface area contributed by atoms with Crippen molar-refractivity contribution in [3.63, 3.8) is 0 Å². The van der Waals surface area contributed by atoms with E-state index in [4.69, 9.17) is 4.74 Å². The average Bonchev–Trinajstić information content (AvgIpc) is 3.50. The zero-order chi connectivity index (χ0) is 20.8. The maximum Gasteiger partial charge on any atom is 0.410 e.